The van der Waals surface area contributed by atoms with Gasteiger partial charge in [-0.3, -0.25) is 29.9 Å². The third kappa shape index (κ3) is 13.9. The van der Waals surface area contributed by atoms with Gasteiger partial charge in [-0.1, -0.05) is 279 Å². The van der Waals surface area contributed by atoms with Crippen molar-refractivity contribution in [3.05, 3.63) is 468 Å². The number of pyridine rings is 9. The van der Waals surface area contributed by atoms with Crippen LogP contribution in [0.15, 0.2) is 481 Å². The highest BCUT2D eigenvalue weighted by Crippen LogP contribution is 2.49. The molecule has 19 aromatic carbocycles. The molecule has 0 radical (unpaired) electrons. The molecule has 13 aromatic heterocycles. The van der Waals surface area contributed by atoms with Crippen molar-refractivity contribution in [1.29, 1.82) is 0 Å². The largest absolute Gasteiger partial charge is 0.455 e. The lowest BCUT2D eigenvalue weighted by atomic mass is 9.89. The van der Waals surface area contributed by atoms with Crippen LogP contribution in [0.4, 0.5) is 0 Å². The van der Waals surface area contributed by atoms with Crippen molar-refractivity contribution in [3.63, 3.8) is 0 Å². The number of furan rings is 3. The van der Waals surface area contributed by atoms with Crippen molar-refractivity contribution in [2.24, 2.45) is 0 Å². The zero-order chi connectivity index (χ0) is 97.8. The van der Waals surface area contributed by atoms with Crippen LogP contribution in [0, 0.1) is 0 Å². The molecule has 0 saturated heterocycles. The van der Waals surface area contributed by atoms with Crippen molar-refractivity contribution in [2.45, 2.75) is 0 Å². The molecule has 13 heterocycles. The molecule has 0 saturated carbocycles. The summed E-state index contributed by atoms with van der Waals surface area (Å²) in [5.74, 6) is 0.644. The number of aromatic nitrogens is 11. The monoisotopic (exact) mass is 1900 g/mol. The highest BCUT2D eigenvalue weighted by molar-refractivity contribution is 6.29. The van der Waals surface area contributed by atoms with Gasteiger partial charge in [-0.05, 0) is 211 Å². The summed E-state index contributed by atoms with van der Waals surface area (Å²) in [6.45, 7) is 0. The Labute approximate surface area is 849 Å². The van der Waals surface area contributed by atoms with Gasteiger partial charge in [0.2, 0.25) is 0 Å². The zero-order valence-corrected chi connectivity index (χ0v) is 79.6. The van der Waals surface area contributed by atoms with Gasteiger partial charge in [-0.25, -0.2) is 24.9 Å². The van der Waals surface area contributed by atoms with Crippen LogP contribution in [0.1, 0.15) is 0 Å². The first-order valence-corrected chi connectivity index (χ1v) is 49.8. The van der Waals surface area contributed by atoms with Crippen LogP contribution in [0.3, 0.4) is 0 Å². The van der Waals surface area contributed by atoms with E-state index in [1.807, 2.05) is 128 Å². The molecule has 32 aromatic rings. The quantitative estimate of drug-likeness (QED) is 0.124. The van der Waals surface area contributed by atoms with Crippen LogP contribution >= 0.6 is 0 Å². The van der Waals surface area contributed by atoms with E-state index < -0.39 is 0 Å². The molecular weight excluding hydrogens is 1820 g/mol. The second kappa shape index (κ2) is 34.2. The second-order valence-corrected chi connectivity index (χ2v) is 38.0. The van der Waals surface area contributed by atoms with Gasteiger partial charge < -0.3 is 13.3 Å². The van der Waals surface area contributed by atoms with Crippen molar-refractivity contribution in [3.8, 4) is 101 Å². The normalized spacial score (nSPS) is 11.9. The molecule has 0 bridgehead atoms. The number of nitrogens with zero attached hydrogens (tertiary/aromatic N) is 11. The molecule has 690 valence electrons. The summed E-state index contributed by atoms with van der Waals surface area (Å²) < 4.78 is 19.6. The van der Waals surface area contributed by atoms with Crippen LogP contribution in [-0.4, -0.2) is 54.8 Å². The molecule has 0 aliphatic carbocycles. The highest BCUT2D eigenvalue weighted by Gasteiger charge is 2.26. The van der Waals surface area contributed by atoms with E-state index in [0.29, 0.717) is 5.82 Å². The fourth-order valence-corrected chi connectivity index (χ4v) is 22.8. The van der Waals surface area contributed by atoms with E-state index in [4.69, 9.17) is 48.1 Å². The topological polar surface area (TPSA) is 181 Å². The van der Waals surface area contributed by atoms with Crippen LogP contribution in [0.25, 0.3) is 319 Å². The molecule has 0 spiro atoms. The number of benzene rings is 19. The Morgan fingerprint density at radius 2 is 0.463 bits per heavy atom. The predicted molar refractivity (Wildman–Crippen MR) is 611 cm³/mol. The summed E-state index contributed by atoms with van der Waals surface area (Å²) in [4.78, 5) is 53.4. The van der Waals surface area contributed by atoms with Gasteiger partial charge in [0.05, 0.1) is 66.7 Å². The van der Waals surface area contributed by atoms with Gasteiger partial charge in [0.25, 0.3) is 0 Å². The first-order valence-electron chi connectivity index (χ1n) is 49.8. The molecule has 0 amide bonds. The van der Waals surface area contributed by atoms with Crippen LogP contribution in [0.2, 0.25) is 0 Å². The molecule has 14 nitrogen and oxygen atoms in total. The van der Waals surface area contributed by atoms with E-state index in [2.05, 4.69) is 348 Å². The van der Waals surface area contributed by atoms with E-state index in [1.165, 1.54) is 32.7 Å². The average Bonchev–Trinajstić information content (AvgIpc) is 1.64. The van der Waals surface area contributed by atoms with Crippen molar-refractivity contribution >= 4 is 218 Å². The first kappa shape index (κ1) is 84.3. The van der Waals surface area contributed by atoms with E-state index in [-0.39, 0.29) is 0 Å². The molecule has 0 aliphatic heterocycles. The molecule has 149 heavy (non-hydrogen) atoms. The number of hydrogen-bond donors (Lipinski definition) is 0. The highest BCUT2D eigenvalue weighted by atomic mass is 16.3. The lowest BCUT2D eigenvalue weighted by molar-refractivity contribution is 0.672. The molecule has 0 fully saturated rings. The Morgan fingerprint density at radius 3 is 0.919 bits per heavy atom. The van der Waals surface area contributed by atoms with Crippen molar-refractivity contribution < 1.29 is 13.3 Å². The average molecular weight is 1900 g/mol. The molecule has 0 N–H and O–H groups in total. The summed E-state index contributed by atoms with van der Waals surface area (Å²) >= 11 is 0. The minimum absolute atomic E-state index is 0.644. The van der Waals surface area contributed by atoms with Gasteiger partial charge in [0, 0.05) is 191 Å². The van der Waals surface area contributed by atoms with Crippen LogP contribution in [0.5, 0.6) is 0 Å². The number of fused-ring (bicyclic) bond motifs is 32. The summed E-state index contributed by atoms with van der Waals surface area (Å²) in [7, 11) is 0. The summed E-state index contributed by atoms with van der Waals surface area (Å²) in [6, 6.07) is 147. The molecule has 0 unspecified atom stereocenters. The predicted octanol–water partition coefficient (Wildman–Crippen LogP) is 35.3. The van der Waals surface area contributed by atoms with Crippen LogP contribution in [-0.2, 0) is 0 Å². The fourth-order valence-electron chi connectivity index (χ4n) is 22.8. The van der Waals surface area contributed by atoms with E-state index in [9.17, 15) is 0 Å². The smallest absolute Gasteiger partial charge is 0.159 e. The van der Waals surface area contributed by atoms with Crippen molar-refractivity contribution in [1.82, 2.24) is 54.8 Å². The fraction of sp³-hybridized carbons (Fsp3) is 0. The maximum atomic E-state index is 6.57. The molecule has 32 rings (SSSR count). The minimum atomic E-state index is 0.644. The number of rotatable bonds is 9. The third-order valence-electron chi connectivity index (χ3n) is 29.6. The van der Waals surface area contributed by atoms with E-state index in [1.54, 1.807) is 12.4 Å². The zero-order valence-electron chi connectivity index (χ0n) is 79.6. The summed E-state index contributed by atoms with van der Waals surface area (Å²) in [5, 5.41) is 27.6. The van der Waals surface area contributed by atoms with Crippen LogP contribution < -0.4 is 0 Å². The number of hydrogen-bond acceptors (Lipinski definition) is 14. The number of para-hydroxylation sites is 6. The van der Waals surface area contributed by atoms with Gasteiger partial charge in [-0.15, -0.1) is 0 Å². The lowest BCUT2D eigenvalue weighted by Gasteiger charge is -2.16. The Balaban J connectivity index is 0.000000103. The van der Waals surface area contributed by atoms with Gasteiger partial charge in [-0.2, -0.15) is 0 Å². The Kier molecular flexibility index (Phi) is 19.4. The SMILES string of the molecule is c1cc(-c2ccc(-c3cc4cccnc4c4ncccc34)c3ccccc23)cc(-c2nc3ccccc3c3c2ccc2c4ccccc4oc23)c1.c1cc(-c2ccc3cc(-c4cc5cccnc5c5ncccc45)ccc3c2)cc(-c2nc3ccccc3c3c2ccc2c4ccccc4oc23)c1.c1cc(-c2ncc(-c3cc4cccnc4c4ncccc34)cn2)cc(-c2nc3ccccc3c3c2ccc2c4ccccc4oc23)c1. The lowest BCUT2D eigenvalue weighted by Crippen LogP contribution is -1.94. The van der Waals surface area contributed by atoms with E-state index >= 15 is 0 Å². The van der Waals surface area contributed by atoms with Gasteiger partial charge in [0.1, 0.15) is 33.5 Å². The summed E-state index contributed by atoms with van der Waals surface area (Å²) in [5.41, 5.74) is 31.6. The first-order chi connectivity index (χ1) is 73.9. The Bertz CT molecular complexity index is 11300. The standard InChI is InChI=1S/2C47H27N3O.C41H23N5O/c1-3-14-41-38(12-1)43-39(21-20-37-35-11-2-4-15-42(35)51-47(37)43)44(50-41)33-9-5-8-28(26-33)29-16-17-31-25-32(19-18-30(31)24-29)40-27-34-10-6-22-48-45(34)46-36(40)13-7-23-49-46;1-2-14-33-32(13-1)31(20-21-34(33)40-27-30-12-8-24-48-45(30)46-36(40)17-9-25-49-46)28-10-7-11-29(26-28)44-39-23-22-37-35-15-4-6-19-42(35)51-47(37)43(39)38-16-3-5-18-41(38)50-44;1-3-14-34-31(12-1)36-32(17-16-30-28-11-2-4-15-35(28)47-40(30)36)37(46-34)24-8-5-9-26(20-24)41-44-22-27(23-45-41)33-21-25-10-6-18-42-38(25)39-29(33)13-7-19-43-39/h2*1-27H;1-23H. The Morgan fingerprint density at radius 1 is 0.154 bits per heavy atom. The maximum Gasteiger partial charge on any atom is 0.159 e. The third-order valence-corrected chi connectivity index (χ3v) is 29.6. The second-order valence-electron chi connectivity index (χ2n) is 38.0. The van der Waals surface area contributed by atoms with Gasteiger partial charge in [0.15, 0.2) is 5.82 Å². The van der Waals surface area contributed by atoms with Crippen molar-refractivity contribution in [2.75, 3.05) is 0 Å². The van der Waals surface area contributed by atoms with E-state index in [0.717, 1.165) is 280 Å². The molecule has 14 heteroatoms. The minimum Gasteiger partial charge on any atom is -0.455 e. The van der Waals surface area contributed by atoms with Gasteiger partial charge >= 0.3 is 0 Å². The molecule has 0 aliphatic rings. The molecule has 0 atom stereocenters. The molecular formula is C135H77N11O3. The Hall–Kier alpha value is -20.4. The maximum absolute atomic E-state index is 6.57. The summed E-state index contributed by atoms with van der Waals surface area (Å²) in [6.07, 6.45) is 14.7.